The number of benzene rings is 3. The SMILES string of the molecule is CC(=O)ON=C(Cc1cccs1)c1ccc2c(c1)c1ccccc1n2-c1ccc(C)cc1. The maximum absolute atomic E-state index is 11.4. The average molecular weight is 439 g/mol. The largest absolute Gasteiger partial charge is 0.331 e. The Bertz CT molecular complexity index is 1440. The zero-order valence-electron chi connectivity index (χ0n) is 17.9. The third-order valence-corrected chi connectivity index (χ3v) is 6.38. The lowest BCUT2D eigenvalue weighted by Crippen LogP contribution is -2.07. The third-order valence-electron chi connectivity index (χ3n) is 5.50. The van der Waals surface area contributed by atoms with E-state index in [0.29, 0.717) is 6.42 Å². The van der Waals surface area contributed by atoms with Crippen molar-refractivity contribution in [3.05, 3.63) is 100 Å². The zero-order chi connectivity index (χ0) is 22.1. The van der Waals surface area contributed by atoms with E-state index in [1.54, 1.807) is 11.3 Å². The second kappa shape index (κ2) is 8.44. The van der Waals surface area contributed by atoms with Gasteiger partial charge in [0.2, 0.25) is 0 Å². The number of carbonyl (C=O) groups is 1. The molecule has 32 heavy (non-hydrogen) atoms. The maximum Gasteiger partial charge on any atom is 0.331 e. The van der Waals surface area contributed by atoms with Crippen molar-refractivity contribution in [2.75, 3.05) is 0 Å². The van der Waals surface area contributed by atoms with Gasteiger partial charge in [0.1, 0.15) is 0 Å². The highest BCUT2D eigenvalue weighted by atomic mass is 32.1. The van der Waals surface area contributed by atoms with E-state index in [1.807, 2.05) is 11.4 Å². The molecule has 0 radical (unpaired) electrons. The van der Waals surface area contributed by atoms with Gasteiger partial charge in [-0.2, -0.15) is 0 Å². The molecule has 5 rings (SSSR count). The van der Waals surface area contributed by atoms with Gasteiger partial charge in [-0.25, -0.2) is 4.79 Å². The predicted octanol–water partition coefficient (Wildman–Crippen LogP) is 6.66. The number of oxime groups is 1. The van der Waals surface area contributed by atoms with Gasteiger partial charge in [0.05, 0.1) is 16.7 Å². The Balaban J connectivity index is 1.69. The number of aryl methyl sites for hydroxylation is 1. The third kappa shape index (κ3) is 3.83. The summed E-state index contributed by atoms with van der Waals surface area (Å²) in [5, 5.41) is 8.55. The fraction of sp³-hybridized carbons (Fsp3) is 0.111. The Kier molecular flexibility index (Phi) is 5.33. The summed E-state index contributed by atoms with van der Waals surface area (Å²) in [4.78, 5) is 17.6. The molecule has 0 aliphatic carbocycles. The van der Waals surface area contributed by atoms with Crippen molar-refractivity contribution >= 4 is 44.8 Å². The van der Waals surface area contributed by atoms with Crippen LogP contribution in [0, 0.1) is 6.92 Å². The highest BCUT2D eigenvalue weighted by Gasteiger charge is 2.15. The maximum atomic E-state index is 11.4. The monoisotopic (exact) mass is 438 g/mol. The van der Waals surface area contributed by atoms with Gasteiger partial charge in [-0.3, -0.25) is 0 Å². The second-order valence-corrected chi connectivity index (χ2v) is 8.83. The first kappa shape index (κ1) is 20.2. The van der Waals surface area contributed by atoms with E-state index >= 15 is 0 Å². The molecule has 5 heteroatoms. The van der Waals surface area contributed by atoms with Crippen molar-refractivity contribution < 1.29 is 9.63 Å². The summed E-state index contributed by atoms with van der Waals surface area (Å²) < 4.78 is 2.29. The molecule has 0 atom stereocenters. The summed E-state index contributed by atoms with van der Waals surface area (Å²) in [7, 11) is 0. The summed E-state index contributed by atoms with van der Waals surface area (Å²) >= 11 is 1.66. The fourth-order valence-corrected chi connectivity index (χ4v) is 4.72. The minimum atomic E-state index is -0.425. The predicted molar refractivity (Wildman–Crippen MR) is 132 cm³/mol. The fourth-order valence-electron chi connectivity index (χ4n) is 4.01. The Labute approximate surface area is 190 Å². The van der Waals surface area contributed by atoms with Crippen LogP contribution in [-0.4, -0.2) is 16.2 Å². The van der Waals surface area contributed by atoms with E-state index in [0.717, 1.165) is 38.3 Å². The lowest BCUT2D eigenvalue weighted by molar-refractivity contribution is -0.140. The number of nitrogens with zero attached hydrogens (tertiary/aromatic N) is 2. The van der Waals surface area contributed by atoms with E-state index in [-0.39, 0.29) is 0 Å². The molecule has 0 spiro atoms. The van der Waals surface area contributed by atoms with Gasteiger partial charge in [0.25, 0.3) is 0 Å². The molecule has 4 nitrogen and oxygen atoms in total. The van der Waals surface area contributed by atoms with Crippen LogP contribution in [0.15, 0.2) is 89.4 Å². The van der Waals surface area contributed by atoms with Crippen molar-refractivity contribution in [2.45, 2.75) is 20.3 Å². The first-order chi connectivity index (χ1) is 15.6. The molecule has 0 bridgehead atoms. The molecule has 0 fully saturated rings. The zero-order valence-corrected chi connectivity index (χ0v) is 18.7. The quantitative estimate of drug-likeness (QED) is 0.175. The second-order valence-electron chi connectivity index (χ2n) is 7.80. The molecular weight excluding hydrogens is 416 g/mol. The molecule has 0 unspecified atom stereocenters. The molecule has 0 amide bonds. The van der Waals surface area contributed by atoms with Crippen molar-refractivity contribution in [3.8, 4) is 5.69 Å². The van der Waals surface area contributed by atoms with Crippen LogP contribution in [0.2, 0.25) is 0 Å². The lowest BCUT2D eigenvalue weighted by Gasteiger charge is -2.09. The summed E-state index contributed by atoms with van der Waals surface area (Å²) in [6.45, 7) is 3.46. The Morgan fingerprint density at radius 3 is 2.47 bits per heavy atom. The summed E-state index contributed by atoms with van der Waals surface area (Å²) in [6, 6.07) is 27.4. The van der Waals surface area contributed by atoms with Crippen LogP contribution >= 0.6 is 11.3 Å². The highest BCUT2D eigenvalue weighted by molar-refractivity contribution is 7.10. The van der Waals surface area contributed by atoms with Gasteiger partial charge in [-0.1, -0.05) is 53.2 Å². The van der Waals surface area contributed by atoms with Gasteiger partial charge in [0.15, 0.2) is 0 Å². The van der Waals surface area contributed by atoms with Gasteiger partial charge in [-0.05, 0) is 48.7 Å². The van der Waals surface area contributed by atoms with E-state index < -0.39 is 5.97 Å². The van der Waals surface area contributed by atoms with Crippen molar-refractivity contribution in [1.29, 1.82) is 0 Å². The Hall–Kier alpha value is -3.70. The van der Waals surface area contributed by atoms with Crippen LogP contribution in [0.25, 0.3) is 27.5 Å². The van der Waals surface area contributed by atoms with Gasteiger partial charge < -0.3 is 9.40 Å². The molecule has 0 N–H and O–H groups in total. The summed E-state index contributed by atoms with van der Waals surface area (Å²) in [6.07, 6.45) is 0.604. The molecule has 0 saturated heterocycles. The van der Waals surface area contributed by atoms with Gasteiger partial charge in [-0.15, -0.1) is 11.3 Å². The minimum absolute atomic E-state index is 0.425. The Morgan fingerprint density at radius 2 is 1.72 bits per heavy atom. The summed E-state index contributed by atoms with van der Waals surface area (Å²) in [5.41, 5.74) is 6.32. The molecular formula is C27H22N2O2S. The molecule has 5 aromatic rings. The highest BCUT2D eigenvalue weighted by Crippen LogP contribution is 2.33. The Morgan fingerprint density at radius 1 is 0.938 bits per heavy atom. The van der Waals surface area contributed by atoms with Crippen LogP contribution in [0.3, 0.4) is 0 Å². The standard InChI is InChI=1S/C27H22N2O2S/c1-18-9-12-21(13-10-18)29-26-8-4-3-7-23(26)24-16-20(11-14-27(24)29)25(28-31-19(2)30)17-22-6-5-15-32-22/h3-16H,17H2,1-2H3. The number of hydrogen-bond acceptors (Lipinski definition) is 4. The molecule has 158 valence electrons. The van der Waals surface area contributed by atoms with E-state index in [1.165, 1.54) is 17.9 Å². The smallest absolute Gasteiger partial charge is 0.318 e. The first-order valence-corrected chi connectivity index (χ1v) is 11.4. The molecule has 2 aromatic heterocycles. The van der Waals surface area contributed by atoms with Crippen molar-refractivity contribution in [2.24, 2.45) is 5.16 Å². The number of rotatable bonds is 5. The van der Waals surface area contributed by atoms with Gasteiger partial charge in [0, 0.05) is 40.2 Å². The van der Waals surface area contributed by atoms with Crippen LogP contribution in [0.4, 0.5) is 0 Å². The average Bonchev–Trinajstić information content (AvgIpc) is 3.43. The number of thiophene rings is 1. The van der Waals surface area contributed by atoms with Crippen LogP contribution in [0.5, 0.6) is 0 Å². The lowest BCUT2D eigenvalue weighted by atomic mass is 10.0. The molecule has 2 heterocycles. The van der Waals surface area contributed by atoms with Crippen molar-refractivity contribution in [1.82, 2.24) is 4.57 Å². The first-order valence-electron chi connectivity index (χ1n) is 10.5. The normalized spacial score (nSPS) is 11.9. The number of hydrogen-bond donors (Lipinski definition) is 0. The minimum Gasteiger partial charge on any atom is -0.318 e. The molecule has 3 aromatic carbocycles. The van der Waals surface area contributed by atoms with E-state index in [2.05, 4.69) is 89.4 Å². The van der Waals surface area contributed by atoms with Crippen LogP contribution < -0.4 is 0 Å². The number of para-hydroxylation sites is 1. The number of carbonyl (C=O) groups excluding carboxylic acids is 1. The molecule has 0 aliphatic heterocycles. The van der Waals surface area contributed by atoms with E-state index in [9.17, 15) is 4.79 Å². The number of aromatic nitrogens is 1. The molecule has 0 saturated carbocycles. The van der Waals surface area contributed by atoms with Gasteiger partial charge >= 0.3 is 5.97 Å². The van der Waals surface area contributed by atoms with Crippen LogP contribution in [0.1, 0.15) is 22.9 Å². The van der Waals surface area contributed by atoms with Crippen molar-refractivity contribution in [3.63, 3.8) is 0 Å². The topological polar surface area (TPSA) is 43.6 Å². The number of fused-ring (bicyclic) bond motifs is 3. The van der Waals surface area contributed by atoms with Crippen LogP contribution in [-0.2, 0) is 16.1 Å². The molecule has 0 aliphatic rings. The summed E-state index contributed by atoms with van der Waals surface area (Å²) in [5.74, 6) is -0.425. The van der Waals surface area contributed by atoms with E-state index in [4.69, 9.17) is 4.84 Å².